The second kappa shape index (κ2) is 8.16. The van der Waals surface area contributed by atoms with Crippen LogP contribution in [0.3, 0.4) is 0 Å². The molecule has 0 bridgehead atoms. The third-order valence-corrected chi connectivity index (χ3v) is 8.13. The van der Waals surface area contributed by atoms with E-state index >= 15 is 0 Å². The minimum atomic E-state index is -0.243. The number of hydrogen-bond donors (Lipinski definition) is 0. The maximum atomic E-state index is 12.7. The molecule has 30 heavy (non-hydrogen) atoms. The number of carbonyl (C=O) groups excluding carboxylic acids is 2. The fourth-order valence-corrected chi connectivity index (χ4v) is 6.40. The number of ether oxygens (including phenoxy) is 1. The van der Waals surface area contributed by atoms with Crippen molar-refractivity contribution in [2.75, 3.05) is 32.8 Å². The van der Waals surface area contributed by atoms with E-state index in [4.69, 9.17) is 4.74 Å². The SMILES string of the molecule is O=C1CCCN1CCC(=O)N1CCC2(CC1)OCCc1cc(-c3ccccc3)sc12. The molecule has 0 atom stereocenters. The summed E-state index contributed by atoms with van der Waals surface area (Å²) in [5, 5.41) is 0. The Morgan fingerprint density at radius 3 is 2.63 bits per heavy atom. The molecule has 5 nitrogen and oxygen atoms in total. The lowest BCUT2D eigenvalue weighted by atomic mass is 9.85. The van der Waals surface area contributed by atoms with E-state index in [0.29, 0.717) is 19.4 Å². The molecule has 1 aromatic heterocycles. The van der Waals surface area contributed by atoms with E-state index in [-0.39, 0.29) is 17.4 Å². The molecule has 1 aromatic carbocycles. The number of piperidine rings is 1. The minimum absolute atomic E-state index is 0.164. The third-order valence-electron chi connectivity index (χ3n) is 6.72. The molecule has 4 heterocycles. The highest BCUT2D eigenvalue weighted by molar-refractivity contribution is 7.15. The molecule has 0 unspecified atom stereocenters. The van der Waals surface area contributed by atoms with Gasteiger partial charge in [-0.2, -0.15) is 0 Å². The van der Waals surface area contributed by atoms with Gasteiger partial charge in [-0.25, -0.2) is 0 Å². The van der Waals surface area contributed by atoms with Gasteiger partial charge >= 0.3 is 0 Å². The van der Waals surface area contributed by atoms with Crippen molar-refractivity contribution in [3.63, 3.8) is 0 Å². The van der Waals surface area contributed by atoms with Gasteiger partial charge in [0.15, 0.2) is 0 Å². The van der Waals surface area contributed by atoms with Crippen molar-refractivity contribution in [2.45, 2.75) is 44.1 Å². The van der Waals surface area contributed by atoms with Gasteiger partial charge in [0.2, 0.25) is 11.8 Å². The van der Waals surface area contributed by atoms with Crippen molar-refractivity contribution in [2.24, 2.45) is 0 Å². The summed E-state index contributed by atoms with van der Waals surface area (Å²) in [5.74, 6) is 0.354. The molecule has 3 aliphatic rings. The first kappa shape index (κ1) is 19.8. The first-order valence-corrected chi connectivity index (χ1v) is 11.8. The largest absolute Gasteiger partial charge is 0.369 e. The molecule has 0 saturated carbocycles. The molecule has 0 N–H and O–H groups in total. The van der Waals surface area contributed by atoms with Crippen LogP contribution >= 0.6 is 11.3 Å². The predicted molar refractivity (Wildman–Crippen MR) is 117 cm³/mol. The molecular formula is C24H28N2O3S. The number of likely N-dealkylation sites (tertiary alicyclic amines) is 2. The second-order valence-electron chi connectivity index (χ2n) is 8.54. The molecule has 3 aliphatic heterocycles. The number of amides is 2. The van der Waals surface area contributed by atoms with Crippen LogP contribution in [0.4, 0.5) is 0 Å². The summed E-state index contributed by atoms with van der Waals surface area (Å²) < 4.78 is 6.39. The van der Waals surface area contributed by atoms with Crippen LogP contribution in [0.2, 0.25) is 0 Å². The smallest absolute Gasteiger partial charge is 0.224 e. The van der Waals surface area contributed by atoms with Gasteiger partial charge in [-0.3, -0.25) is 9.59 Å². The van der Waals surface area contributed by atoms with E-state index in [1.807, 2.05) is 27.2 Å². The van der Waals surface area contributed by atoms with E-state index < -0.39 is 0 Å². The Kier molecular flexibility index (Phi) is 5.37. The molecule has 2 amide bonds. The Bertz CT molecular complexity index is 931. The zero-order valence-corrected chi connectivity index (χ0v) is 18.1. The van der Waals surface area contributed by atoms with E-state index in [9.17, 15) is 9.59 Å². The Labute approximate surface area is 181 Å². The summed E-state index contributed by atoms with van der Waals surface area (Å²) in [6, 6.07) is 12.9. The average Bonchev–Trinajstić information content (AvgIpc) is 3.40. The highest BCUT2D eigenvalue weighted by atomic mass is 32.1. The van der Waals surface area contributed by atoms with E-state index in [0.717, 1.165) is 51.9 Å². The van der Waals surface area contributed by atoms with Crippen molar-refractivity contribution in [1.82, 2.24) is 9.80 Å². The fourth-order valence-electron chi connectivity index (χ4n) is 4.98. The zero-order chi connectivity index (χ0) is 20.6. The van der Waals surface area contributed by atoms with Crippen LogP contribution in [0, 0.1) is 0 Å². The topological polar surface area (TPSA) is 49.9 Å². The lowest BCUT2D eigenvalue weighted by Gasteiger charge is -2.43. The van der Waals surface area contributed by atoms with E-state index in [1.165, 1.54) is 20.9 Å². The van der Waals surface area contributed by atoms with Crippen LogP contribution in [0.5, 0.6) is 0 Å². The van der Waals surface area contributed by atoms with E-state index in [2.05, 4.69) is 30.3 Å². The molecule has 2 fully saturated rings. The number of carbonyl (C=O) groups is 2. The quantitative estimate of drug-likeness (QED) is 0.750. The van der Waals surface area contributed by atoms with Crippen LogP contribution in [0.15, 0.2) is 36.4 Å². The Balaban J connectivity index is 1.25. The third kappa shape index (κ3) is 3.67. The molecular weight excluding hydrogens is 396 g/mol. The first-order valence-electron chi connectivity index (χ1n) is 11.0. The van der Waals surface area contributed by atoms with Crippen molar-refractivity contribution in [1.29, 1.82) is 0 Å². The molecule has 0 aliphatic carbocycles. The fraction of sp³-hybridized carbons (Fsp3) is 0.500. The standard InChI is InChI=1S/C24H28N2O3S/c27-21-7-4-12-25(21)13-8-22(28)26-14-10-24(11-15-26)23-19(9-16-29-24)17-20(30-23)18-5-2-1-3-6-18/h1-3,5-6,17H,4,7-16H2. The van der Waals surface area contributed by atoms with Gasteiger partial charge in [-0.15, -0.1) is 11.3 Å². The maximum Gasteiger partial charge on any atom is 0.224 e. The van der Waals surface area contributed by atoms with Crippen molar-refractivity contribution in [3.8, 4) is 10.4 Å². The number of benzene rings is 1. The predicted octanol–water partition coefficient (Wildman–Crippen LogP) is 3.82. The maximum absolute atomic E-state index is 12.7. The van der Waals surface area contributed by atoms with Gasteiger partial charge in [-0.05, 0) is 42.9 Å². The zero-order valence-electron chi connectivity index (χ0n) is 17.3. The monoisotopic (exact) mass is 424 g/mol. The molecule has 6 heteroatoms. The highest BCUT2D eigenvalue weighted by Crippen LogP contribution is 2.47. The van der Waals surface area contributed by atoms with Crippen LogP contribution in [0.25, 0.3) is 10.4 Å². The van der Waals surface area contributed by atoms with Gasteiger partial charge in [0.25, 0.3) is 0 Å². The number of nitrogens with zero attached hydrogens (tertiary/aromatic N) is 2. The van der Waals surface area contributed by atoms with Crippen LogP contribution in [0.1, 0.15) is 42.5 Å². The summed E-state index contributed by atoms with van der Waals surface area (Å²) in [6.45, 7) is 3.57. The molecule has 158 valence electrons. The molecule has 5 rings (SSSR count). The lowest BCUT2D eigenvalue weighted by Crippen LogP contribution is -2.48. The second-order valence-corrected chi connectivity index (χ2v) is 9.59. The minimum Gasteiger partial charge on any atom is -0.369 e. The van der Waals surface area contributed by atoms with Crippen molar-refractivity contribution < 1.29 is 14.3 Å². The summed E-state index contributed by atoms with van der Waals surface area (Å²) >= 11 is 1.86. The van der Waals surface area contributed by atoms with Gasteiger partial charge < -0.3 is 14.5 Å². The molecule has 1 spiro atoms. The van der Waals surface area contributed by atoms with Gasteiger partial charge in [0.05, 0.1) is 6.61 Å². The highest BCUT2D eigenvalue weighted by Gasteiger charge is 2.43. The number of thiophene rings is 1. The van der Waals surface area contributed by atoms with Crippen LogP contribution in [-0.2, 0) is 26.3 Å². The van der Waals surface area contributed by atoms with Crippen molar-refractivity contribution in [3.05, 3.63) is 46.8 Å². The Hall–Kier alpha value is -2.18. The van der Waals surface area contributed by atoms with Gasteiger partial charge in [0, 0.05) is 48.8 Å². The number of fused-ring (bicyclic) bond motifs is 2. The summed E-state index contributed by atoms with van der Waals surface area (Å²) in [5.41, 5.74) is 2.43. The molecule has 2 aromatic rings. The Morgan fingerprint density at radius 1 is 1.10 bits per heavy atom. The summed E-state index contributed by atoms with van der Waals surface area (Å²) in [7, 11) is 0. The van der Waals surface area contributed by atoms with Gasteiger partial charge in [0.1, 0.15) is 5.60 Å². The average molecular weight is 425 g/mol. The van der Waals surface area contributed by atoms with Crippen molar-refractivity contribution >= 4 is 23.2 Å². The number of hydrogen-bond acceptors (Lipinski definition) is 4. The summed E-state index contributed by atoms with van der Waals surface area (Å²) in [6.07, 6.45) is 4.65. The lowest BCUT2D eigenvalue weighted by molar-refractivity contribution is -0.140. The first-order chi connectivity index (χ1) is 14.6. The Morgan fingerprint density at radius 2 is 1.90 bits per heavy atom. The number of rotatable bonds is 4. The van der Waals surface area contributed by atoms with Crippen LogP contribution in [-0.4, -0.2) is 54.4 Å². The summed E-state index contributed by atoms with van der Waals surface area (Å²) in [4.78, 5) is 31.0. The normalized spacial score (nSPS) is 20.6. The molecule has 0 radical (unpaired) electrons. The van der Waals surface area contributed by atoms with E-state index in [1.54, 1.807) is 0 Å². The molecule has 2 saturated heterocycles. The van der Waals surface area contributed by atoms with Gasteiger partial charge in [-0.1, -0.05) is 30.3 Å². The van der Waals surface area contributed by atoms with Crippen LogP contribution < -0.4 is 0 Å².